The average molecular weight is 488 g/mol. The van der Waals surface area contributed by atoms with Gasteiger partial charge in [0.25, 0.3) is 5.69 Å². The second-order valence-corrected chi connectivity index (χ2v) is 8.79. The summed E-state index contributed by atoms with van der Waals surface area (Å²) in [6, 6.07) is 13.2. The fourth-order valence-corrected chi connectivity index (χ4v) is 4.13. The minimum Gasteiger partial charge on any atom is -0.352 e. The Morgan fingerprint density at radius 2 is 1.81 bits per heavy atom. The van der Waals surface area contributed by atoms with Crippen molar-refractivity contribution in [1.29, 1.82) is 0 Å². The first kappa shape index (κ1) is 22.9. The first-order valence-electron chi connectivity index (χ1n) is 10.4. The van der Waals surface area contributed by atoms with Gasteiger partial charge < -0.3 is 10.2 Å². The van der Waals surface area contributed by atoms with Crippen LogP contribution in [-0.4, -0.2) is 33.7 Å². The van der Waals surface area contributed by atoms with Crippen molar-refractivity contribution in [3.63, 3.8) is 0 Å². The second kappa shape index (κ2) is 10.5. The summed E-state index contributed by atoms with van der Waals surface area (Å²) in [4.78, 5) is 38.5. The zero-order valence-electron chi connectivity index (χ0n) is 17.4. The summed E-state index contributed by atoms with van der Waals surface area (Å²) in [6.07, 6.45) is 3.95. The number of carbonyl (C=O) groups is 2. The first-order valence-corrected chi connectivity index (χ1v) is 11.2. The summed E-state index contributed by atoms with van der Waals surface area (Å²) in [5.74, 6) is -0.522. The predicted molar refractivity (Wildman–Crippen MR) is 121 cm³/mol. The number of amides is 2. The van der Waals surface area contributed by atoms with Crippen molar-refractivity contribution < 1.29 is 14.5 Å². The van der Waals surface area contributed by atoms with Crippen LogP contribution < -0.4 is 5.32 Å². The van der Waals surface area contributed by atoms with E-state index in [2.05, 4.69) is 21.2 Å². The van der Waals surface area contributed by atoms with Crippen LogP contribution in [0.2, 0.25) is 0 Å². The molecule has 0 saturated heterocycles. The number of nitrogens with one attached hydrogen (secondary N) is 1. The molecule has 2 amide bonds. The molecule has 0 radical (unpaired) electrons. The Labute approximate surface area is 190 Å². The third-order valence-electron chi connectivity index (χ3n) is 5.67. The van der Waals surface area contributed by atoms with E-state index in [4.69, 9.17) is 0 Å². The van der Waals surface area contributed by atoms with E-state index >= 15 is 0 Å². The van der Waals surface area contributed by atoms with Crippen LogP contribution >= 0.6 is 15.9 Å². The molecule has 164 valence electrons. The smallest absolute Gasteiger partial charge is 0.273 e. The lowest BCUT2D eigenvalue weighted by Crippen LogP contribution is -2.50. The highest BCUT2D eigenvalue weighted by Gasteiger charge is 2.29. The van der Waals surface area contributed by atoms with Gasteiger partial charge in [0.2, 0.25) is 11.8 Å². The molecule has 1 atom stereocenters. The number of para-hydroxylation sites is 1. The first-order chi connectivity index (χ1) is 14.8. The van der Waals surface area contributed by atoms with Gasteiger partial charge in [0.05, 0.1) is 11.3 Å². The van der Waals surface area contributed by atoms with E-state index in [9.17, 15) is 19.7 Å². The summed E-state index contributed by atoms with van der Waals surface area (Å²) < 4.78 is 0.918. The molecule has 3 rings (SSSR count). The molecule has 8 heteroatoms. The van der Waals surface area contributed by atoms with Gasteiger partial charge in [-0.1, -0.05) is 59.1 Å². The Hall–Kier alpha value is -2.74. The Morgan fingerprint density at radius 3 is 2.45 bits per heavy atom. The van der Waals surface area contributed by atoms with Gasteiger partial charge in [0.15, 0.2) is 0 Å². The van der Waals surface area contributed by atoms with Gasteiger partial charge >= 0.3 is 0 Å². The molecule has 0 bridgehead atoms. The molecular formula is C23H26BrN3O4. The zero-order chi connectivity index (χ0) is 22.4. The molecule has 1 aliphatic rings. The highest BCUT2D eigenvalue weighted by Crippen LogP contribution is 2.22. The summed E-state index contributed by atoms with van der Waals surface area (Å²) in [5, 5.41) is 14.4. The number of rotatable bonds is 8. The summed E-state index contributed by atoms with van der Waals surface area (Å²) in [6.45, 7) is 1.95. The third kappa shape index (κ3) is 6.13. The second-order valence-electron chi connectivity index (χ2n) is 7.88. The van der Waals surface area contributed by atoms with Crippen LogP contribution in [0.15, 0.2) is 53.0 Å². The Kier molecular flexibility index (Phi) is 7.79. The van der Waals surface area contributed by atoms with Gasteiger partial charge in [0.1, 0.15) is 6.04 Å². The lowest BCUT2D eigenvalue weighted by atomic mass is 10.1. The molecule has 1 N–H and O–H groups in total. The molecule has 2 aromatic carbocycles. The minimum absolute atomic E-state index is 0.0949. The van der Waals surface area contributed by atoms with Crippen molar-refractivity contribution in [3.8, 4) is 0 Å². The van der Waals surface area contributed by atoms with E-state index in [1.54, 1.807) is 25.1 Å². The van der Waals surface area contributed by atoms with E-state index in [0.29, 0.717) is 5.56 Å². The molecule has 1 aliphatic carbocycles. The van der Waals surface area contributed by atoms with Gasteiger partial charge in [0, 0.05) is 28.7 Å². The van der Waals surface area contributed by atoms with Gasteiger partial charge in [-0.05, 0) is 37.5 Å². The van der Waals surface area contributed by atoms with E-state index in [1.807, 2.05) is 24.3 Å². The average Bonchev–Trinajstić information content (AvgIpc) is 3.26. The fraction of sp³-hybridized carbons (Fsp3) is 0.391. The summed E-state index contributed by atoms with van der Waals surface area (Å²) >= 11 is 3.40. The number of carbonyl (C=O) groups excluding carboxylic acids is 2. The van der Waals surface area contributed by atoms with Gasteiger partial charge in [-0.2, -0.15) is 0 Å². The quantitative estimate of drug-likeness (QED) is 0.441. The topological polar surface area (TPSA) is 92.6 Å². The molecule has 2 aromatic rings. The van der Waals surface area contributed by atoms with Gasteiger partial charge in [-0.25, -0.2) is 0 Å². The van der Waals surface area contributed by atoms with Crippen molar-refractivity contribution in [2.24, 2.45) is 0 Å². The molecule has 0 unspecified atom stereocenters. The van der Waals surface area contributed by atoms with E-state index in [1.165, 1.54) is 11.0 Å². The Balaban J connectivity index is 1.81. The van der Waals surface area contributed by atoms with Crippen LogP contribution in [0.4, 0.5) is 5.69 Å². The van der Waals surface area contributed by atoms with Gasteiger partial charge in [-0.15, -0.1) is 0 Å². The molecule has 1 saturated carbocycles. The van der Waals surface area contributed by atoms with Crippen LogP contribution in [-0.2, 0) is 22.6 Å². The van der Waals surface area contributed by atoms with E-state index in [0.717, 1.165) is 35.7 Å². The minimum atomic E-state index is -0.695. The Morgan fingerprint density at radius 1 is 1.16 bits per heavy atom. The molecule has 7 nitrogen and oxygen atoms in total. The lowest BCUT2D eigenvalue weighted by Gasteiger charge is -2.30. The Bertz CT molecular complexity index is 942. The largest absolute Gasteiger partial charge is 0.352 e. The van der Waals surface area contributed by atoms with Crippen molar-refractivity contribution in [2.75, 3.05) is 0 Å². The van der Waals surface area contributed by atoms with Crippen LogP contribution in [0, 0.1) is 10.1 Å². The number of nitro benzene ring substituents is 1. The zero-order valence-corrected chi connectivity index (χ0v) is 19.0. The lowest BCUT2D eigenvalue weighted by molar-refractivity contribution is -0.385. The van der Waals surface area contributed by atoms with Crippen molar-refractivity contribution in [3.05, 3.63) is 74.2 Å². The maximum Gasteiger partial charge on any atom is 0.273 e. The molecular weight excluding hydrogens is 462 g/mol. The maximum absolute atomic E-state index is 13.3. The number of hydrogen-bond donors (Lipinski definition) is 1. The van der Waals surface area contributed by atoms with Crippen LogP contribution in [0.25, 0.3) is 0 Å². The SMILES string of the molecule is C[C@H](C(=O)NC1CCCC1)N(Cc1ccc(Br)cc1)C(=O)Cc1ccccc1[N+](=O)[O-]. The van der Waals surface area contributed by atoms with E-state index in [-0.39, 0.29) is 36.5 Å². The molecule has 31 heavy (non-hydrogen) atoms. The highest BCUT2D eigenvalue weighted by molar-refractivity contribution is 9.10. The molecule has 0 spiro atoms. The number of nitrogens with zero attached hydrogens (tertiary/aromatic N) is 2. The highest BCUT2D eigenvalue weighted by atomic mass is 79.9. The number of halogens is 1. The number of nitro groups is 1. The van der Waals surface area contributed by atoms with Crippen LogP contribution in [0.5, 0.6) is 0 Å². The van der Waals surface area contributed by atoms with Crippen molar-refractivity contribution in [1.82, 2.24) is 10.2 Å². The van der Waals surface area contributed by atoms with Crippen LogP contribution in [0.3, 0.4) is 0 Å². The van der Waals surface area contributed by atoms with E-state index < -0.39 is 11.0 Å². The molecule has 0 aliphatic heterocycles. The van der Waals surface area contributed by atoms with Gasteiger partial charge in [-0.3, -0.25) is 19.7 Å². The fourth-order valence-electron chi connectivity index (χ4n) is 3.86. The van der Waals surface area contributed by atoms with Crippen LogP contribution in [0.1, 0.15) is 43.7 Å². The molecule has 0 heterocycles. The standard InChI is InChI=1S/C23H26BrN3O4/c1-16(23(29)25-20-7-3-4-8-20)26(15-17-10-12-19(24)13-11-17)22(28)14-18-6-2-5-9-21(18)27(30)31/h2,5-6,9-13,16,20H,3-4,7-8,14-15H2,1H3,(H,25,29)/t16-/m1/s1. The molecule has 0 aromatic heterocycles. The van der Waals surface area contributed by atoms with Crippen molar-refractivity contribution >= 4 is 33.4 Å². The third-order valence-corrected chi connectivity index (χ3v) is 6.19. The summed E-state index contributed by atoms with van der Waals surface area (Å²) in [7, 11) is 0. The predicted octanol–water partition coefficient (Wildman–Crippen LogP) is 4.38. The summed E-state index contributed by atoms with van der Waals surface area (Å²) in [5.41, 5.74) is 1.11. The van der Waals surface area contributed by atoms with Crippen molar-refractivity contribution in [2.45, 2.75) is 57.7 Å². The number of hydrogen-bond acceptors (Lipinski definition) is 4. The monoisotopic (exact) mass is 487 g/mol. The number of benzene rings is 2. The molecule has 1 fully saturated rings. The normalized spacial score (nSPS) is 14.8. The maximum atomic E-state index is 13.3.